The number of nitro groups is 1. The minimum absolute atomic E-state index is 0.111. The quantitative estimate of drug-likeness (QED) is 0.667. The van der Waals surface area contributed by atoms with Gasteiger partial charge in [-0.3, -0.25) is 10.1 Å². The summed E-state index contributed by atoms with van der Waals surface area (Å²) in [5.74, 6) is 0.790. The minimum atomic E-state index is -0.614. The number of hydrogen-bond donors (Lipinski definition) is 1. The topological polar surface area (TPSA) is 113 Å². The second-order valence-corrected chi connectivity index (χ2v) is 3.81. The van der Waals surface area contributed by atoms with E-state index in [1.807, 2.05) is 0 Å². The second kappa shape index (κ2) is 5.39. The second-order valence-electron chi connectivity index (χ2n) is 3.81. The molecule has 2 rings (SSSR count). The first kappa shape index (κ1) is 13.5. The van der Waals surface area contributed by atoms with Gasteiger partial charge in [-0.05, 0) is 12.1 Å². The summed E-state index contributed by atoms with van der Waals surface area (Å²) in [7, 11) is 2.97. The largest absolute Gasteiger partial charge is 0.497 e. The van der Waals surface area contributed by atoms with E-state index in [0.717, 1.165) is 0 Å². The van der Waals surface area contributed by atoms with Crippen LogP contribution in [0.3, 0.4) is 0 Å². The van der Waals surface area contributed by atoms with E-state index in [4.69, 9.17) is 15.2 Å². The van der Waals surface area contributed by atoms with Crippen molar-refractivity contribution in [1.29, 1.82) is 0 Å². The van der Waals surface area contributed by atoms with E-state index in [1.165, 1.54) is 20.5 Å². The number of aromatic nitrogens is 2. The van der Waals surface area contributed by atoms with Crippen LogP contribution in [0.4, 0.5) is 11.5 Å². The molecule has 0 radical (unpaired) electrons. The molecule has 0 aliphatic carbocycles. The van der Waals surface area contributed by atoms with Crippen LogP contribution in [0.2, 0.25) is 0 Å². The first-order valence-electron chi connectivity index (χ1n) is 5.55. The molecule has 0 amide bonds. The van der Waals surface area contributed by atoms with Crippen molar-refractivity contribution in [3.05, 3.63) is 34.6 Å². The lowest BCUT2D eigenvalue weighted by atomic mass is 10.1. The molecule has 0 aliphatic heterocycles. The molecule has 0 saturated heterocycles. The molecule has 0 aliphatic rings. The van der Waals surface area contributed by atoms with Crippen molar-refractivity contribution in [2.45, 2.75) is 0 Å². The van der Waals surface area contributed by atoms with Crippen LogP contribution in [0.5, 0.6) is 11.5 Å². The third kappa shape index (κ3) is 2.44. The van der Waals surface area contributed by atoms with E-state index < -0.39 is 4.92 Å². The Morgan fingerprint density at radius 1 is 1.15 bits per heavy atom. The summed E-state index contributed by atoms with van der Waals surface area (Å²) in [5.41, 5.74) is 5.77. The highest BCUT2D eigenvalue weighted by Gasteiger charge is 2.22. The number of nitrogen functional groups attached to an aromatic ring is 1. The molecular weight excluding hydrogens is 264 g/mol. The van der Waals surface area contributed by atoms with Crippen molar-refractivity contribution in [2.75, 3.05) is 20.0 Å². The SMILES string of the molecule is COc1cc(OC)cc(-c2ncnc(N)c2[N+](=O)[O-])c1. The Kier molecular flexibility index (Phi) is 3.65. The Morgan fingerprint density at radius 2 is 1.75 bits per heavy atom. The molecule has 0 fully saturated rings. The van der Waals surface area contributed by atoms with Crippen molar-refractivity contribution < 1.29 is 14.4 Å². The van der Waals surface area contributed by atoms with Crippen molar-refractivity contribution in [3.8, 4) is 22.8 Å². The van der Waals surface area contributed by atoms with Gasteiger partial charge in [0.05, 0.1) is 19.1 Å². The van der Waals surface area contributed by atoms with Gasteiger partial charge in [0.15, 0.2) is 5.69 Å². The Bertz CT molecular complexity index is 638. The average molecular weight is 276 g/mol. The van der Waals surface area contributed by atoms with Gasteiger partial charge in [0.2, 0.25) is 5.82 Å². The molecule has 1 aromatic carbocycles. The molecule has 1 aromatic heterocycles. The summed E-state index contributed by atoms with van der Waals surface area (Å²) in [6, 6.07) is 4.87. The molecule has 2 N–H and O–H groups in total. The predicted octanol–water partition coefficient (Wildman–Crippen LogP) is 1.65. The normalized spacial score (nSPS) is 10.1. The van der Waals surface area contributed by atoms with Crippen molar-refractivity contribution in [1.82, 2.24) is 9.97 Å². The van der Waals surface area contributed by atoms with Crippen LogP contribution in [0.15, 0.2) is 24.5 Å². The lowest BCUT2D eigenvalue weighted by Crippen LogP contribution is -2.02. The molecule has 0 atom stereocenters. The van der Waals surface area contributed by atoms with E-state index in [9.17, 15) is 10.1 Å². The molecule has 2 aromatic rings. The van der Waals surface area contributed by atoms with Gasteiger partial charge in [0.1, 0.15) is 17.8 Å². The Balaban J connectivity index is 2.68. The number of anilines is 1. The molecule has 20 heavy (non-hydrogen) atoms. The van der Waals surface area contributed by atoms with Crippen LogP contribution in [0.25, 0.3) is 11.3 Å². The standard InChI is InChI=1S/C12H12N4O4/c1-19-8-3-7(4-9(5-8)20-2)10-11(16(17)18)12(13)15-6-14-10/h3-6H,1-2H3,(H2,13,14,15). The van der Waals surface area contributed by atoms with Gasteiger partial charge in [-0.2, -0.15) is 0 Å². The summed E-state index contributed by atoms with van der Waals surface area (Å²) in [6.07, 6.45) is 1.17. The van der Waals surface area contributed by atoms with Gasteiger partial charge in [0, 0.05) is 11.6 Å². The summed E-state index contributed by atoms with van der Waals surface area (Å²) in [4.78, 5) is 18.1. The molecule has 0 spiro atoms. The van der Waals surface area contributed by atoms with E-state index in [2.05, 4.69) is 9.97 Å². The Hall–Kier alpha value is -2.90. The number of ether oxygens (including phenoxy) is 2. The van der Waals surface area contributed by atoms with Gasteiger partial charge in [0.25, 0.3) is 0 Å². The average Bonchev–Trinajstić information content (AvgIpc) is 2.45. The maximum atomic E-state index is 11.1. The maximum Gasteiger partial charge on any atom is 0.337 e. The number of methoxy groups -OCH3 is 2. The molecule has 104 valence electrons. The zero-order valence-corrected chi connectivity index (χ0v) is 10.9. The summed E-state index contributed by atoms with van der Waals surface area (Å²) < 4.78 is 10.2. The highest BCUT2D eigenvalue weighted by atomic mass is 16.6. The fourth-order valence-corrected chi connectivity index (χ4v) is 1.73. The molecule has 1 heterocycles. The van der Waals surface area contributed by atoms with Crippen LogP contribution in [-0.2, 0) is 0 Å². The van der Waals surface area contributed by atoms with Crippen molar-refractivity contribution in [3.63, 3.8) is 0 Å². The Morgan fingerprint density at radius 3 is 2.25 bits per heavy atom. The number of nitrogens with zero attached hydrogens (tertiary/aromatic N) is 3. The molecule has 0 bridgehead atoms. The summed E-state index contributed by atoms with van der Waals surface area (Å²) in [5, 5.41) is 11.1. The van der Waals surface area contributed by atoms with Crippen molar-refractivity contribution >= 4 is 11.5 Å². The number of nitrogens with two attached hydrogens (primary N) is 1. The number of benzene rings is 1. The third-order valence-electron chi connectivity index (χ3n) is 2.66. The van der Waals surface area contributed by atoms with Crippen LogP contribution >= 0.6 is 0 Å². The zero-order chi connectivity index (χ0) is 14.7. The number of rotatable bonds is 4. The predicted molar refractivity (Wildman–Crippen MR) is 71.6 cm³/mol. The molecule has 8 heteroatoms. The summed E-state index contributed by atoms with van der Waals surface area (Å²) >= 11 is 0. The van der Waals surface area contributed by atoms with E-state index in [1.54, 1.807) is 18.2 Å². The van der Waals surface area contributed by atoms with Crippen LogP contribution in [0, 0.1) is 10.1 Å². The maximum absolute atomic E-state index is 11.1. The zero-order valence-electron chi connectivity index (χ0n) is 10.9. The first-order valence-corrected chi connectivity index (χ1v) is 5.55. The van der Waals surface area contributed by atoms with Crippen molar-refractivity contribution in [2.24, 2.45) is 0 Å². The fraction of sp³-hybridized carbons (Fsp3) is 0.167. The van der Waals surface area contributed by atoms with Gasteiger partial charge in [-0.25, -0.2) is 9.97 Å². The van der Waals surface area contributed by atoms with E-state index in [0.29, 0.717) is 17.1 Å². The lowest BCUT2D eigenvalue weighted by molar-refractivity contribution is -0.383. The third-order valence-corrected chi connectivity index (χ3v) is 2.66. The Labute approximate surface area is 114 Å². The van der Waals surface area contributed by atoms with Crippen LogP contribution < -0.4 is 15.2 Å². The van der Waals surface area contributed by atoms with E-state index in [-0.39, 0.29) is 17.2 Å². The van der Waals surface area contributed by atoms with Gasteiger partial charge < -0.3 is 15.2 Å². The fourth-order valence-electron chi connectivity index (χ4n) is 1.73. The van der Waals surface area contributed by atoms with Gasteiger partial charge in [-0.15, -0.1) is 0 Å². The number of hydrogen-bond acceptors (Lipinski definition) is 7. The summed E-state index contributed by atoms with van der Waals surface area (Å²) in [6.45, 7) is 0. The van der Waals surface area contributed by atoms with Gasteiger partial charge >= 0.3 is 5.69 Å². The molecule has 0 unspecified atom stereocenters. The van der Waals surface area contributed by atoms with Gasteiger partial charge in [-0.1, -0.05) is 0 Å². The molecular formula is C12H12N4O4. The monoisotopic (exact) mass is 276 g/mol. The first-order chi connectivity index (χ1) is 9.56. The lowest BCUT2D eigenvalue weighted by Gasteiger charge is -2.08. The molecule has 0 saturated carbocycles. The smallest absolute Gasteiger partial charge is 0.337 e. The minimum Gasteiger partial charge on any atom is -0.497 e. The highest BCUT2D eigenvalue weighted by Crippen LogP contribution is 2.35. The van der Waals surface area contributed by atoms with E-state index >= 15 is 0 Å². The van der Waals surface area contributed by atoms with Crippen LogP contribution in [0.1, 0.15) is 0 Å². The highest BCUT2D eigenvalue weighted by molar-refractivity contribution is 5.77. The molecule has 8 nitrogen and oxygen atoms in total. The van der Waals surface area contributed by atoms with Crippen LogP contribution in [-0.4, -0.2) is 29.1 Å².